The minimum atomic E-state index is -0.822. The molecule has 0 saturated carbocycles. The highest BCUT2D eigenvalue weighted by atomic mass is 16.5. The minimum Gasteiger partial charge on any atom is -0.455 e. The van der Waals surface area contributed by atoms with E-state index in [0.717, 1.165) is 5.56 Å². The predicted molar refractivity (Wildman–Crippen MR) is 56.1 cm³/mol. The summed E-state index contributed by atoms with van der Waals surface area (Å²) in [6.45, 7) is 1.80. The standard InChI is InChI=1S/C12H12O3/c1-2-6-11(13)12(14)15-9-10-7-4-3-5-8-10/h2-8H,9H2,1H3/b6-2+. The van der Waals surface area contributed by atoms with E-state index in [9.17, 15) is 9.59 Å². The molecule has 78 valence electrons. The van der Waals surface area contributed by atoms with Crippen LogP contribution in [0.25, 0.3) is 0 Å². The molecular formula is C12H12O3. The molecule has 0 fully saturated rings. The molecule has 15 heavy (non-hydrogen) atoms. The molecular weight excluding hydrogens is 192 g/mol. The van der Waals surface area contributed by atoms with Gasteiger partial charge in [0.1, 0.15) is 6.61 Å². The van der Waals surface area contributed by atoms with Crippen LogP contribution in [-0.2, 0) is 20.9 Å². The first kappa shape index (κ1) is 11.2. The first-order valence-corrected chi connectivity index (χ1v) is 4.61. The summed E-state index contributed by atoms with van der Waals surface area (Å²) in [6, 6.07) is 9.21. The first-order valence-electron chi connectivity index (χ1n) is 4.61. The molecule has 1 rings (SSSR count). The lowest BCUT2D eigenvalue weighted by molar-refractivity contribution is -0.152. The molecule has 0 atom stereocenters. The monoisotopic (exact) mass is 204 g/mol. The Bertz CT molecular complexity index is 366. The average molecular weight is 204 g/mol. The van der Waals surface area contributed by atoms with Crippen LogP contribution in [0.1, 0.15) is 12.5 Å². The van der Waals surface area contributed by atoms with E-state index in [1.54, 1.807) is 6.92 Å². The van der Waals surface area contributed by atoms with Crippen molar-refractivity contribution in [3.63, 3.8) is 0 Å². The number of hydrogen-bond donors (Lipinski definition) is 0. The molecule has 1 aromatic rings. The molecule has 0 aromatic heterocycles. The van der Waals surface area contributed by atoms with Gasteiger partial charge in [-0.25, -0.2) is 4.79 Å². The number of carbonyl (C=O) groups excluding carboxylic acids is 2. The molecule has 0 aliphatic heterocycles. The summed E-state index contributed by atoms with van der Waals surface area (Å²) in [6.07, 6.45) is 2.69. The Balaban J connectivity index is 2.44. The predicted octanol–water partition coefficient (Wildman–Crippen LogP) is 1.88. The van der Waals surface area contributed by atoms with Gasteiger partial charge in [-0.05, 0) is 18.6 Å². The summed E-state index contributed by atoms with van der Waals surface area (Å²) in [5, 5.41) is 0. The summed E-state index contributed by atoms with van der Waals surface area (Å²) < 4.78 is 4.80. The van der Waals surface area contributed by atoms with Gasteiger partial charge in [-0.3, -0.25) is 4.79 Å². The van der Waals surface area contributed by atoms with E-state index in [0.29, 0.717) is 0 Å². The van der Waals surface area contributed by atoms with Crippen molar-refractivity contribution in [3.8, 4) is 0 Å². The van der Waals surface area contributed by atoms with E-state index in [-0.39, 0.29) is 6.61 Å². The van der Waals surface area contributed by atoms with Crippen molar-refractivity contribution in [1.82, 2.24) is 0 Å². The Morgan fingerprint density at radius 2 is 1.93 bits per heavy atom. The van der Waals surface area contributed by atoms with Crippen LogP contribution in [0.3, 0.4) is 0 Å². The van der Waals surface area contributed by atoms with E-state index in [2.05, 4.69) is 0 Å². The molecule has 0 aliphatic carbocycles. The molecule has 0 saturated heterocycles. The maximum Gasteiger partial charge on any atom is 0.379 e. The Kier molecular flexibility index (Phi) is 4.29. The van der Waals surface area contributed by atoms with Gasteiger partial charge in [0.05, 0.1) is 0 Å². The SMILES string of the molecule is C/C=C/C(=O)C(=O)OCc1ccccc1. The molecule has 3 heteroatoms. The van der Waals surface area contributed by atoms with Crippen LogP contribution in [0.5, 0.6) is 0 Å². The number of ketones is 1. The van der Waals surface area contributed by atoms with Crippen molar-refractivity contribution in [2.45, 2.75) is 13.5 Å². The maximum atomic E-state index is 11.1. The van der Waals surface area contributed by atoms with Crippen molar-refractivity contribution in [2.24, 2.45) is 0 Å². The Hall–Kier alpha value is -1.90. The zero-order valence-corrected chi connectivity index (χ0v) is 8.47. The molecule has 0 radical (unpaired) electrons. The van der Waals surface area contributed by atoms with E-state index in [4.69, 9.17) is 4.74 Å². The fraction of sp³-hybridized carbons (Fsp3) is 0.167. The highest BCUT2D eigenvalue weighted by Crippen LogP contribution is 2.00. The van der Waals surface area contributed by atoms with Crippen molar-refractivity contribution in [3.05, 3.63) is 48.0 Å². The molecule has 0 aliphatic rings. The summed E-state index contributed by atoms with van der Waals surface area (Å²) in [5.74, 6) is -1.45. The second kappa shape index (κ2) is 5.75. The second-order valence-corrected chi connectivity index (χ2v) is 2.93. The van der Waals surface area contributed by atoms with Crippen LogP contribution < -0.4 is 0 Å². The number of carbonyl (C=O) groups is 2. The van der Waals surface area contributed by atoms with Gasteiger partial charge in [-0.2, -0.15) is 0 Å². The number of allylic oxidation sites excluding steroid dienone is 1. The summed E-state index contributed by atoms with van der Waals surface area (Å²) in [4.78, 5) is 22.1. The summed E-state index contributed by atoms with van der Waals surface area (Å²) >= 11 is 0. The Morgan fingerprint density at radius 1 is 1.27 bits per heavy atom. The lowest BCUT2D eigenvalue weighted by Crippen LogP contribution is -2.14. The summed E-state index contributed by atoms with van der Waals surface area (Å²) in [5.41, 5.74) is 0.860. The fourth-order valence-corrected chi connectivity index (χ4v) is 1.01. The van der Waals surface area contributed by atoms with E-state index >= 15 is 0 Å². The molecule has 1 aromatic carbocycles. The third kappa shape index (κ3) is 3.77. The largest absolute Gasteiger partial charge is 0.455 e. The normalized spacial score (nSPS) is 10.2. The lowest BCUT2D eigenvalue weighted by Gasteiger charge is -2.01. The van der Waals surface area contributed by atoms with Crippen LogP contribution >= 0.6 is 0 Å². The lowest BCUT2D eigenvalue weighted by atomic mass is 10.2. The van der Waals surface area contributed by atoms with Crippen molar-refractivity contribution >= 4 is 11.8 Å². The van der Waals surface area contributed by atoms with Gasteiger partial charge >= 0.3 is 5.97 Å². The maximum absolute atomic E-state index is 11.1. The average Bonchev–Trinajstić information content (AvgIpc) is 2.27. The topological polar surface area (TPSA) is 43.4 Å². The molecule has 0 bridgehead atoms. The van der Waals surface area contributed by atoms with E-state index in [1.165, 1.54) is 12.2 Å². The van der Waals surface area contributed by atoms with Crippen LogP contribution in [0.15, 0.2) is 42.5 Å². The van der Waals surface area contributed by atoms with Gasteiger partial charge < -0.3 is 4.74 Å². The number of benzene rings is 1. The third-order valence-corrected chi connectivity index (χ3v) is 1.73. The van der Waals surface area contributed by atoms with Gasteiger partial charge in [0.25, 0.3) is 5.78 Å². The van der Waals surface area contributed by atoms with E-state index in [1.807, 2.05) is 30.3 Å². The molecule has 0 amide bonds. The van der Waals surface area contributed by atoms with Crippen molar-refractivity contribution < 1.29 is 14.3 Å². The van der Waals surface area contributed by atoms with Crippen molar-refractivity contribution in [1.29, 1.82) is 0 Å². The molecule has 3 nitrogen and oxygen atoms in total. The van der Waals surface area contributed by atoms with Crippen LogP contribution in [0.4, 0.5) is 0 Å². The number of hydrogen-bond acceptors (Lipinski definition) is 3. The van der Waals surface area contributed by atoms with Gasteiger partial charge in [-0.1, -0.05) is 36.4 Å². The van der Waals surface area contributed by atoms with Gasteiger partial charge in [0, 0.05) is 0 Å². The smallest absolute Gasteiger partial charge is 0.379 e. The highest BCUT2D eigenvalue weighted by Gasteiger charge is 2.10. The van der Waals surface area contributed by atoms with Crippen molar-refractivity contribution in [2.75, 3.05) is 0 Å². The minimum absolute atomic E-state index is 0.128. The van der Waals surface area contributed by atoms with Crippen LogP contribution in [0, 0.1) is 0 Å². The van der Waals surface area contributed by atoms with E-state index < -0.39 is 11.8 Å². The molecule has 0 unspecified atom stereocenters. The number of rotatable bonds is 4. The molecule has 0 spiro atoms. The zero-order chi connectivity index (χ0) is 11.1. The zero-order valence-electron chi connectivity index (χ0n) is 8.47. The Morgan fingerprint density at radius 3 is 2.53 bits per heavy atom. The van der Waals surface area contributed by atoms with Gasteiger partial charge in [0.15, 0.2) is 0 Å². The third-order valence-electron chi connectivity index (χ3n) is 1.73. The number of esters is 1. The quantitative estimate of drug-likeness (QED) is 0.427. The van der Waals surface area contributed by atoms with Gasteiger partial charge in [-0.15, -0.1) is 0 Å². The fourth-order valence-electron chi connectivity index (χ4n) is 1.01. The van der Waals surface area contributed by atoms with Gasteiger partial charge in [0.2, 0.25) is 0 Å². The summed E-state index contributed by atoms with van der Waals surface area (Å²) in [7, 11) is 0. The molecule has 0 N–H and O–H groups in total. The highest BCUT2D eigenvalue weighted by molar-refractivity contribution is 6.38. The molecule has 0 heterocycles. The Labute approximate surface area is 88.4 Å². The van der Waals surface area contributed by atoms with Crippen LogP contribution in [-0.4, -0.2) is 11.8 Å². The van der Waals surface area contributed by atoms with Crippen LogP contribution in [0.2, 0.25) is 0 Å². The first-order chi connectivity index (χ1) is 7.24. The second-order valence-electron chi connectivity index (χ2n) is 2.93. The number of ether oxygens (including phenoxy) is 1.